The van der Waals surface area contributed by atoms with Gasteiger partial charge in [-0.1, -0.05) is 0 Å². The van der Waals surface area contributed by atoms with Gasteiger partial charge in [0.25, 0.3) is 5.91 Å². The molecule has 17 heavy (non-hydrogen) atoms. The van der Waals surface area contributed by atoms with E-state index in [4.69, 9.17) is 0 Å². The first-order valence-corrected chi connectivity index (χ1v) is 6.16. The number of aryl methyl sites for hydroxylation is 1. The molecule has 0 bridgehead atoms. The largest absolute Gasteiger partial charge is 0.393 e. The normalized spacial score (nSPS) is 23.9. The summed E-state index contributed by atoms with van der Waals surface area (Å²) in [6, 6.07) is 3.78. The lowest BCUT2D eigenvalue weighted by Crippen LogP contribution is -2.30. The first-order chi connectivity index (χ1) is 8.08. The van der Waals surface area contributed by atoms with Gasteiger partial charge in [-0.3, -0.25) is 4.79 Å². The van der Waals surface area contributed by atoms with E-state index in [0.29, 0.717) is 18.2 Å². The van der Waals surface area contributed by atoms with Gasteiger partial charge < -0.3 is 15.0 Å². The molecule has 1 aromatic rings. The molecule has 4 heteroatoms. The number of aliphatic hydroxyl groups is 1. The third-order valence-corrected chi connectivity index (χ3v) is 3.67. The van der Waals surface area contributed by atoms with Crippen LogP contribution < -0.4 is 5.32 Å². The molecular formula is C13H20N2O2. The molecule has 1 fully saturated rings. The van der Waals surface area contributed by atoms with Crippen LogP contribution in [0.5, 0.6) is 0 Å². The van der Waals surface area contributed by atoms with Crippen molar-refractivity contribution in [3.63, 3.8) is 0 Å². The van der Waals surface area contributed by atoms with E-state index in [9.17, 15) is 9.90 Å². The molecule has 0 aromatic carbocycles. The van der Waals surface area contributed by atoms with E-state index in [1.165, 1.54) is 0 Å². The minimum absolute atomic E-state index is 0.0259. The van der Waals surface area contributed by atoms with Crippen molar-refractivity contribution in [3.05, 3.63) is 23.5 Å². The van der Waals surface area contributed by atoms with Gasteiger partial charge in [-0.05, 0) is 44.2 Å². The maximum atomic E-state index is 11.9. The molecule has 0 radical (unpaired) electrons. The molecule has 1 aromatic heterocycles. The Morgan fingerprint density at radius 2 is 2.29 bits per heavy atom. The van der Waals surface area contributed by atoms with Crippen molar-refractivity contribution in [2.45, 2.75) is 32.3 Å². The summed E-state index contributed by atoms with van der Waals surface area (Å²) < 4.78 is 1.89. The maximum absolute atomic E-state index is 11.9. The quantitative estimate of drug-likeness (QED) is 0.829. The molecule has 2 atom stereocenters. The highest BCUT2D eigenvalue weighted by Crippen LogP contribution is 2.24. The summed E-state index contributed by atoms with van der Waals surface area (Å²) in [6.07, 6.45) is 2.51. The zero-order valence-electron chi connectivity index (χ0n) is 10.4. The van der Waals surface area contributed by atoms with Gasteiger partial charge >= 0.3 is 0 Å². The van der Waals surface area contributed by atoms with Crippen molar-refractivity contribution in [2.75, 3.05) is 6.54 Å². The average molecular weight is 236 g/mol. The molecule has 2 N–H and O–H groups in total. The lowest BCUT2D eigenvalue weighted by atomic mass is 10.1. The summed E-state index contributed by atoms with van der Waals surface area (Å²) >= 11 is 0. The Morgan fingerprint density at radius 3 is 2.82 bits per heavy atom. The van der Waals surface area contributed by atoms with Crippen molar-refractivity contribution in [1.29, 1.82) is 0 Å². The molecule has 0 saturated heterocycles. The molecule has 1 heterocycles. The van der Waals surface area contributed by atoms with Gasteiger partial charge in [-0.2, -0.15) is 0 Å². The SMILES string of the molecule is Cc1ccc(C(=O)NCC2CCC(O)C2)n1C. The molecule has 1 amide bonds. The number of amides is 1. The van der Waals surface area contributed by atoms with Gasteiger partial charge in [0.2, 0.25) is 0 Å². The number of rotatable bonds is 3. The van der Waals surface area contributed by atoms with Crippen LogP contribution in [0.4, 0.5) is 0 Å². The number of aromatic nitrogens is 1. The molecule has 4 nitrogen and oxygen atoms in total. The number of carbonyl (C=O) groups excluding carboxylic acids is 1. The Kier molecular flexibility index (Phi) is 3.52. The average Bonchev–Trinajstić information content (AvgIpc) is 2.84. The number of hydrogen-bond donors (Lipinski definition) is 2. The van der Waals surface area contributed by atoms with Crippen molar-refractivity contribution in [2.24, 2.45) is 13.0 Å². The lowest BCUT2D eigenvalue weighted by Gasteiger charge is -2.11. The maximum Gasteiger partial charge on any atom is 0.267 e. The second-order valence-corrected chi connectivity index (χ2v) is 4.96. The standard InChI is InChI=1S/C13H20N2O2/c1-9-3-6-12(15(9)2)13(17)14-8-10-4-5-11(16)7-10/h3,6,10-11,16H,4-5,7-8H2,1-2H3,(H,14,17). The van der Waals surface area contributed by atoms with Crippen LogP contribution >= 0.6 is 0 Å². The predicted molar refractivity (Wildman–Crippen MR) is 65.8 cm³/mol. The van der Waals surface area contributed by atoms with Crippen molar-refractivity contribution < 1.29 is 9.90 Å². The minimum atomic E-state index is -0.172. The number of nitrogens with one attached hydrogen (secondary N) is 1. The fourth-order valence-corrected chi connectivity index (χ4v) is 2.40. The highest BCUT2D eigenvalue weighted by molar-refractivity contribution is 5.92. The zero-order chi connectivity index (χ0) is 12.4. The van der Waals surface area contributed by atoms with Crippen LogP contribution in [0.2, 0.25) is 0 Å². The van der Waals surface area contributed by atoms with Crippen LogP contribution in [-0.4, -0.2) is 28.2 Å². The topological polar surface area (TPSA) is 54.3 Å². The summed E-state index contributed by atoms with van der Waals surface area (Å²) in [6.45, 7) is 2.64. The van der Waals surface area contributed by atoms with E-state index < -0.39 is 0 Å². The van der Waals surface area contributed by atoms with E-state index in [2.05, 4.69) is 5.32 Å². The highest BCUT2D eigenvalue weighted by atomic mass is 16.3. The van der Waals surface area contributed by atoms with Gasteiger partial charge in [0, 0.05) is 19.3 Å². The van der Waals surface area contributed by atoms with Crippen LogP contribution in [0.25, 0.3) is 0 Å². The molecule has 2 unspecified atom stereocenters. The van der Waals surface area contributed by atoms with E-state index >= 15 is 0 Å². The first kappa shape index (κ1) is 12.2. The van der Waals surface area contributed by atoms with E-state index in [1.807, 2.05) is 30.7 Å². The third kappa shape index (κ3) is 2.69. The van der Waals surface area contributed by atoms with Crippen LogP contribution in [0.3, 0.4) is 0 Å². The van der Waals surface area contributed by atoms with Gasteiger partial charge in [-0.15, -0.1) is 0 Å². The number of hydrogen-bond acceptors (Lipinski definition) is 2. The van der Waals surface area contributed by atoms with Crippen LogP contribution in [0.1, 0.15) is 35.4 Å². The molecule has 0 spiro atoms. The Hall–Kier alpha value is -1.29. The monoisotopic (exact) mass is 236 g/mol. The Balaban J connectivity index is 1.87. The van der Waals surface area contributed by atoms with Crippen molar-refractivity contribution in [1.82, 2.24) is 9.88 Å². The lowest BCUT2D eigenvalue weighted by molar-refractivity contribution is 0.0936. The summed E-state index contributed by atoms with van der Waals surface area (Å²) in [5.41, 5.74) is 1.77. The number of nitrogens with zero attached hydrogens (tertiary/aromatic N) is 1. The van der Waals surface area contributed by atoms with E-state index in [0.717, 1.165) is 25.0 Å². The van der Waals surface area contributed by atoms with E-state index in [1.54, 1.807) is 0 Å². The number of carbonyl (C=O) groups is 1. The van der Waals surface area contributed by atoms with Crippen LogP contribution in [-0.2, 0) is 7.05 Å². The molecule has 0 aliphatic heterocycles. The summed E-state index contributed by atoms with van der Waals surface area (Å²) in [4.78, 5) is 11.9. The zero-order valence-corrected chi connectivity index (χ0v) is 10.4. The molecule has 1 aliphatic carbocycles. The smallest absolute Gasteiger partial charge is 0.267 e. The van der Waals surface area contributed by atoms with Gasteiger partial charge in [0.05, 0.1) is 6.10 Å². The number of aliphatic hydroxyl groups excluding tert-OH is 1. The Bertz CT molecular complexity index is 412. The fourth-order valence-electron chi connectivity index (χ4n) is 2.40. The van der Waals surface area contributed by atoms with Gasteiger partial charge in [-0.25, -0.2) is 0 Å². The van der Waals surface area contributed by atoms with Gasteiger partial charge in [0.1, 0.15) is 5.69 Å². The fraction of sp³-hybridized carbons (Fsp3) is 0.615. The second kappa shape index (κ2) is 4.92. The van der Waals surface area contributed by atoms with Gasteiger partial charge in [0.15, 0.2) is 0 Å². The van der Waals surface area contributed by atoms with Crippen molar-refractivity contribution in [3.8, 4) is 0 Å². The molecule has 1 aliphatic rings. The van der Waals surface area contributed by atoms with E-state index in [-0.39, 0.29) is 12.0 Å². The van der Waals surface area contributed by atoms with Crippen molar-refractivity contribution >= 4 is 5.91 Å². The second-order valence-electron chi connectivity index (χ2n) is 4.96. The first-order valence-electron chi connectivity index (χ1n) is 6.16. The minimum Gasteiger partial charge on any atom is -0.393 e. The van der Waals surface area contributed by atoms with Crippen LogP contribution in [0.15, 0.2) is 12.1 Å². The Labute approximate surface area is 102 Å². The molecular weight excluding hydrogens is 216 g/mol. The molecule has 1 saturated carbocycles. The predicted octanol–water partition coefficient (Wildman–Crippen LogP) is 1.22. The highest BCUT2D eigenvalue weighted by Gasteiger charge is 2.23. The summed E-state index contributed by atoms with van der Waals surface area (Å²) in [7, 11) is 1.89. The molecule has 94 valence electrons. The summed E-state index contributed by atoms with van der Waals surface area (Å²) in [5, 5.41) is 12.4. The molecule has 2 rings (SSSR count). The van der Waals surface area contributed by atoms with Crippen LogP contribution in [0, 0.1) is 12.8 Å². The summed E-state index contributed by atoms with van der Waals surface area (Å²) in [5.74, 6) is 0.400. The third-order valence-electron chi connectivity index (χ3n) is 3.67. The Morgan fingerprint density at radius 1 is 1.53 bits per heavy atom.